The number of rotatable bonds is 5. The van der Waals surface area contributed by atoms with E-state index < -0.39 is 0 Å². The van der Waals surface area contributed by atoms with Crippen LogP contribution in [0.4, 0.5) is 0 Å². The van der Waals surface area contributed by atoms with Gasteiger partial charge in [-0.15, -0.1) is 0 Å². The first-order valence-corrected chi connectivity index (χ1v) is 5.92. The Labute approximate surface area is 108 Å². The van der Waals surface area contributed by atoms with E-state index in [-0.39, 0.29) is 0 Å². The number of methoxy groups -OCH3 is 2. The van der Waals surface area contributed by atoms with Gasteiger partial charge >= 0.3 is 0 Å². The summed E-state index contributed by atoms with van der Waals surface area (Å²) in [4.78, 5) is 0. The topological polar surface area (TPSA) is 18.5 Å². The Bertz CT molecular complexity index is 489. The standard InChI is InChI=1S/C16H17O2/c1-17-15-10-8-13(9-11-15)6-7-14-4-3-5-16(12-14)18-2/h3-5,7-12H,6H2,1-2H3. The van der Waals surface area contributed by atoms with E-state index in [2.05, 4.69) is 24.6 Å². The predicted molar refractivity (Wildman–Crippen MR) is 73.1 cm³/mol. The van der Waals surface area contributed by atoms with Crippen LogP contribution in [0.15, 0.2) is 48.5 Å². The summed E-state index contributed by atoms with van der Waals surface area (Å²) in [6.07, 6.45) is 3.08. The molecular formula is C16H17O2. The lowest BCUT2D eigenvalue weighted by Crippen LogP contribution is -1.90. The number of hydrogen-bond acceptors (Lipinski definition) is 2. The SMILES string of the molecule is COc1ccc(C[CH]c2cccc(OC)c2)cc1. The third kappa shape index (κ3) is 3.27. The third-order valence-corrected chi connectivity index (χ3v) is 2.83. The van der Waals surface area contributed by atoms with Crippen LogP contribution in [-0.2, 0) is 6.42 Å². The van der Waals surface area contributed by atoms with Gasteiger partial charge in [-0.3, -0.25) is 0 Å². The zero-order valence-corrected chi connectivity index (χ0v) is 10.7. The average Bonchev–Trinajstić information content (AvgIpc) is 2.46. The Kier molecular flexibility index (Phi) is 4.24. The van der Waals surface area contributed by atoms with E-state index in [9.17, 15) is 0 Å². The molecule has 0 aliphatic heterocycles. The fraction of sp³-hybridized carbons (Fsp3) is 0.188. The summed E-state index contributed by atoms with van der Waals surface area (Å²) in [6.45, 7) is 0. The fourth-order valence-corrected chi connectivity index (χ4v) is 1.77. The molecule has 0 spiro atoms. The molecular weight excluding hydrogens is 224 g/mol. The third-order valence-electron chi connectivity index (χ3n) is 2.83. The van der Waals surface area contributed by atoms with E-state index in [1.54, 1.807) is 14.2 Å². The van der Waals surface area contributed by atoms with Crippen LogP contribution in [0.5, 0.6) is 11.5 Å². The van der Waals surface area contributed by atoms with Gasteiger partial charge in [-0.05, 0) is 48.2 Å². The molecule has 2 heteroatoms. The van der Waals surface area contributed by atoms with Crippen molar-refractivity contribution in [1.82, 2.24) is 0 Å². The fourth-order valence-electron chi connectivity index (χ4n) is 1.77. The number of hydrogen-bond donors (Lipinski definition) is 0. The molecule has 0 bridgehead atoms. The highest BCUT2D eigenvalue weighted by Gasteiger charge is 1.99. The van der Waals surface area contributed by atoms with Crippen LogP contribution in [0.3, 0.4) is 0 Å². The number of ether oxygens (including phenoxy) is 2. The molecule has 0 unspecified atom stereocenters. The zero-order chi connectivity index (χ0) is 12.8. The second-order valence-electron chi connectivity index (χ2n) is 4.03. The van der Waals surface area contributed by atoms with Gasteiger partial charge in [0.25, 0.3) is 0 Å². The summed E-state index contributed by atoms with van der Waals surface area (Å²) in [7, 11) is 3.36. The number of benzene rings is 2. The Balaban J connectivity index is 1.97. The summed E-state index contributed by atoms with van der Waals surface area (Å²) in [5, 5.41) is 0. The van der Waals surface area contributed by atoms with Crippen LogP contribution in [0.1, 0.15) is 11.1 Å². The molecule has 0 saturated heterocycles. The Morgan fingerprint density at radius 1 is 0.889 bits per heavy atom. The van der Waals surface area contributed by atoms with E-state index >= 15 is 0 Å². The van der Waals surface area contributed by atoms with Crippen molar-refractivity contribution < 1.29 is 9.47 Å². The van der Waals surface area contributed by atoms with Gasteiger partial charge in [0.1, 0.15) is 11.5 Å². The molecule has 0 aromatic heterocycles. The second kappa shape index (κ2) is 6.10. The van der Waals surface area contributed by atoms with Crippen molar-refractivity contribution in [2.45, 2.75) is 6.42 Å². The van der Waals surface area contributed by atoms with Gasteiger partial charge in [-0.1, -0.05) is 24.3 Å². The molecule has 0 amide bonds. The molecule has 2 nitrogen and oxygen atoms in total. The summed E-state index contributed by atoms with van der Waals surface area (Å²) >= 11 is 0. The van der Waals surface area contributed by atoms with Crippen LogP contribution >= 0.6 is 0 Å². The minimum atomic E-state index is 0.887. The monoisotopic (exact) mass is 241 g/mol. The van der Waals surface area contributed by atoms with Gasteiger partial charge in [-0.2, -0.15) is 0 Å². The molecule has 2 aromatic rings. The zero-order valence-electron chi connectivity index (χ0n) is 10.7. The van der Waals surface area contributed by atoms with Crippen molar-refractivity contribution in [3.05, 3.63) is 66.1 Å². The summed E-state index contributed by atoms with van der Waals surface area (Å²) in [6, 6.07) is 16.2. The lowest BCUT2D eigenvalue weighted by molar-refractivity contribution is 0.414. The Morgan fingerprint density at radius 3 is 2.28 bits per heavy atom. The van der Waals surface area contributed by atoms with Crippen molar-refractivity contribution in [3.8, 4) is 11.5 Å². The molecule has 0 heterocycles. The molecule has 0 aliphatic carbocycles. The first-order chi connectivity index (χ1) is 8.81. The van der Waals surface area contributed by atoms with Gasteiger partial charge in [0.05, 0.1) is 14.2 Å². The van der Waals surface area contributed by atoms with Crippen molar-refractivity contribution in [3.63, 3.8) is 0 Å². The Hall–Kier alpha value is -1.96. The van der Waals surface area contributed by atoms with Crippen LogP contribution in [0, 0.1) is 6.42 Å². The van der Waals surface area contributed by atoms with Crippen LogP contribution < -0.4 is 9.47 Å². The second-order valence-corrected chi connectivity index (χ2v) is 4.03. The first-order valence-electron chi connectivity index (χ1n) is 5.92. The molecule has 0 atom stereocenters. The molecule has 2 aromatic carbocycles. The van der Waals surface area contributed by atoms with Crippen molar-refractivity contribution in [2.75, 3.05) is 14.2 Å². The molecule has 0 saturated carbocycles. The lowest BCUT2D eigenvalue weighted by atomic mass is 10.0. The molecule has 2 rings (SSSR count). The molecule has 1 radical (unpaired) electrons. The maximum atomic E-state index is 5.20. The van der Waals surface area contributed by atoms with Crippen molar-refractivity contribution >= 4 is 0 Å². The summed E-state index contributed by atoms with van der Waals surface area (Å²) in [5.41, 5.74) is 2.43. The highest BCUT2D eigenvalue weighted by molar-refractivity contribution is 5.35. The largest absolute Gasteiger partial charge is 0.497 e. The van der Waals surface area contributed by atoms with Crippen LogP contribution in [0.25, 0.3) is 0 Å². The molecule has 93 valence electrons. The highest BCUT2D eigenvalue weighted by atomic mass is 16.5. The molecule has 0 N–H and O–H groups in total. The predicted octanol–water partition coefficient (Wildman–Crippen LogP) is 3.50. The normalized spacial score (nSPS) is 10.1. The first kappa shape index (κ1) is 12.5. The smallest absolute Gasteiger partial charge is 0.119 e. The average molecular weight is 241 g/mol. The van der Waals surface area contributed by atoms with Crippen LogP contribution in [-0.4, -0.2) is 14.2 Å². The minimum absolute atomic E-state index is 0.887. The maximum absolute atomic E-state index is 5.20. The van der Waals surface area contributed by atoms with E-state index in [0.717, 1.165) is 17.9 Å². The van der Waals surface area contributed by atoms with E-state index in [1.165, 1.54) is 11.1 Å². The van der Waals surface area contributed by atoms with Gasteiger partial charge in [0.15, 0.2) is 0 Å². The molecule has 0 fully saturated rings. The quantitative estimate of drug-likeness (QED) is 0.797. The molecule has 18 heavy (non-hydrogen) atoms. The van der Waals surface area contributed by atoms with Gasteiger partial charge < -0.3 is 9.47 Å². The van der Waals surface area contributed by atoms with Crippen molar-refractivity contribution in [1.29, 1.82) is 0 Å². The van der Waals surface area contributed by atoms with Gasteiger partial charge in [0.2, 0.25) is 0 Å². The van der Waals surface area contributed by atoms with E-state index in [4.69, 9.17) is 9.47 Å². The summed E-state index contributed by atoms with van der Waals surface area (Å²) in [5.74, 6) is 1.78. The van der Waals surface area contributed by atoms with Gasteiger partial charge in [0, 0.05) is 0 Å². The van der Waals surface area contributed by atoms with E-state index in [1.807, 2.05) is 30.3 Å². The summed E-state index contributed by atoms with van der Waals surface area (Å²) < 4.78 is 10.3. The van der Waals surface area contributed by atoms with Crippen molar-refractivity contribution in [2.24, 2.45) is 0 Å². The van der Waals surface area contributed by atoms with E-state index in [0.29, 0.717) is 0 Å². The van der Waals surface area contributed by atoms with Crippen LogP contribution in [0.2, 0.25) is 0 Å². The minimum Gasteiger partial charge on any atom is -0.497 e. The molecule has 0 aliphatic rings. The Morgan fingerprint density at radius 2 is 1.61 bits per heavy atom. The van der Waals surface area contributed by atoms with Gasteiger partial charge in [-0.25, -0.2) is 0 Å². The maximum Gasteiger partial charge on any atom is 0.119 e. The lowest BCUT2D eigenvalue weighted by Gasteiger charge is -2.05. The highest BCUT2D eigenvalue weighted by Crippen LogP contribution is 2.17.